The SMILES string of the molecule is O=C(C=Cc1cccc(Br)c1)NC1CCCc2ccccc21. The van der Waals surface area contributed by atoms with Crippen molar-refractivity contribution in [2.75, 3.05) is 0 Å². The van der Waals surface area contributed by atoms with E-state index in [9.17, 15) is 4.79 Å². The largest absolute Gasteiger partial charge is 0.346 e. The quantitative estimate of drug-likeness (QED) is 0.797. The molecule has 1 N–H and O–H groups in total. The summed E-state index contributed by atoms with van der Waals surface area (Å²) >= 11 is 3.43. The van der Waals surface area contributed by atoms with Gasteiger partial charge in [0.2, 0.25) is 5.91 Å². The number of fused-ring (bicyclic) bond motifs is 1. The normalized spacial score (nSPS) is 17.2. The molecule has 1 aliphatic rings. The van der Waals surface area contributed by atoms with Crippen LogP contribution in [0.1, 0.15) is 35.6 Å². The van der Waals surface area contributed by atoms with E-state index < -0.39 is 0 Å². The molecule has 22 heavy (non-hydrogen) atoms. The summed E-state index contributed by atoms with van der Waals surface area (Å²) in [5, 5.41) is 3.12. The number of hydrogen-bond donors (Lipinski definition) is 1. The molecule has 0 aromatic heterocycles. The van der Waals surface area contributed by atoms with Crippen LogP contribution in [0.5, 0.6) is 0 Å². The van der Waals surface area contributed by atoms with E-state index in [-0.39, 0.29) is 11.9 Å². The minimum absolute atomic E-state index is 0.0401. The first kappa shape index (κ1) is 15.0. The molecule has 0 bridgehead atoms. The monoisotopic (exact) mass is 355 g/mol. The molecule has 0 fully saturated rings. The average molecular weight is 356 g/mol. The molecule has 1 aliphatic carbocycles. The highest BCUT2D eigenvalue weighted by Gasteiger charge is 2.20. The second-order valence-corrected chi connectivity index (χ2v) is 6.46. The Balaban J connectivity index is 1.68. The van der Waals surface area contributed by atoms with Gasteiger partial charge in [-0.05, 0) is 54.2 Å². The highest BCUT2D eigenvalue weighted by atomic mass is 79.9. The molecule has 3 heteroatoms. The van der Waals surface area contributed by atoms with Crippen molar-refractivity contribution in [2.24, 2.45) is 0 Å². The summed E-state index contributed by atoms with van der Waals surface area (Å²) in [5.74, 6) is -0.0401. The van der Waals surface area contributed by atoms with Crippen molar-refractivity contribution in [3.8, 4) is 0 Å². The molecule has 1 amide bonds. The van der Waals surface area contributed by atoms with Crippen molar-refractivity contribution < 1.29 is 4.79 Å². The fourth-order valence-corrected chi connectivity index (χ4v) is 3.32. The zero-order valence-corrected chi connectivity index (χ0v) is 13.8. The molecule has 0 saturated heterocycles. The summed E-state index contributed by atoms with van der Waals surface area (Å²) in [4.78, 5) is 12.2. The van der Waals surface area contributed by atoms with Crippen LogP contribution in [0.2, 0.25) is 0 Å². The maximum atomic E-state index is 12.2. The average Bonchev–Trinajstić information content (AvgIpc) is 2.53. The smallest absolute Gasteiger partial charge is 0.244 e. The molecule has 0 saturated carbocycles. The van der Waals surface area contributed by atoms with Crippen LogP contribution >= 0.6 is 15.9 Å². The first-order valence-electron chi connectivity index (χ1n) is 7.54. The van der Waals surface area contributed by atoms with Gasteiger partial charge in [0.1, 0.15) is 0 Å². The lowest BCUT2D eigenvalue weighted by molar-refractivity contribution is -0.117. The van der Waals surface area contributed by atoms with Gasteiger partial charge in [-0.25, -0.2) is 0 Å². The summed E-state index contributed by atoms with van der Waals surface area (Å²) in [6, 6.07) is 16.4. The molecule has 0 heterocycles. The summed E-state index contributed by atoms with van der Waals surface area (Å²) in [6.07, 6.45) is 6.69. The number of aryl methyl sites for hydroxylation is 1. The zero-order valence-electron chi connectivity index (χ0n) is 12.3. The number of carbonyl (C=O) groups excluding carboxylic acids is 1. The van der Waals surface area contributed by atoms with Crippen molar-refractivity contribution in [1.29, 1.82) is 0 Å². The minimum atomic E-state index is -0.0401. The van der Waals surface area contributed by atoms with Crippen LogP contribution in [-0.4, -0.2) is 5.91 Å². The summed E-state index contributed by atoms with van der Waals surface area (Å²) in [6.45, 7) is 0. The Bertz CT molecular complexity index is 708. The molecule has 1 unspecified atom stereocenters. The summed E-state index contributed by atoms with van der Waals surface area (Å²) in [5.41, 5.74) is 3.63. The fraction of sp³-hybridized carbons (Fsp3) is 0.211. The van der Waals surface area contributed by atoms with Crippen LogP contribution in [0.3, 0.4) is 0 Å². The molecule has 0 spiro atoms. The highest BCUT2D eigenvalue weighted by Crippen LogP contribution is 2.29. The Labute approximate surface area is 139 Å². The lowest BCUT2D eigenvalue weighted by atomic mass is 9.88. The fourth-order valence-electron chi connectivity index (χ4n) is 2.91. The Morgan fingerprint density at radius 1 is 1.18 bits per heavy atom. The maximum absolute atomic E-state index is 12.2. The number of nitrogens with one attached hydrogen (secondary N) is 1. The van der Waals surface area contributed by atoms with Crippen LogP contribution in [-0.2, 0) is 11.2 Å². The lowest BCUT2D eigenvalue weighted by Crippen LogP contribution is -2.29. The van der Waals surface area contributed by atoms with E-state index in [1.165, 1.54) is 11.1 Å². The van der Waals surface area contributed by atoms with E-state index in [2.05, 4.69) is 39.4 Å². The van der Waals surface area contributed by atoms with Gasteiger partial charge >= 0.3 is 0 Å². The standard InChI is InChI=1S/C19H18BrNO/c20-16-8-3-5-14(13-16)11-12-19(22)21-18-10-4-7-15-6-1-2-9-17(15)18/h1-3,5-6,8-9,11-13,18H,4,7,10H2,(H,21,22). The first-order valence-corrected chi connectivity index (χ1v) is 8.33. The van der Waals surface area contributed by atoms with Crippen molar-refractivity contribution >= 4 is 27.9 Å². The van der Waals surface area contributed by atoms with E-state index in [4.69, 9.17) is 0 Å². The first-order chi connectivity index (χ1) is 10.7. The number of hydrogen-bond acceptors (Lipinski definition) is 1. The van der Waals surface area contributed by atoms with Crippen molar-refractivity contribution in [3.63, 3.8) is 0 Å². The second-order valence-electron chi connectivity index (χ2n) is 5.54. The van der Waals surface area contributed by atoms with Crippen LogP contribution in [0, 0.1) is 0 Å². The predicted octanol–water partition coefficient (Wildman–Crippen LogP) is 4.66. The Hall–Kier alpha value is -1.87. The van der Waals surface area contributed by atoms with Gasteiger partial charge in [0.25, 0.3) is 0 Å². The number of amides is 1. The van der Waals surface area contributed by atoms with Gasteiger partial charge in [0.05, 0.1) is 6.04 Å². The molecule has 2 aromatic rings. The van der Waals surface area contributed by atoms with Gasteiger partial charge < -0.3 is 5.32 Å². The van der Waals surface area contributed by atoms with Crippen molar-refractivity contribution in [3.05, 3.63) is 75.8 Å². The topological polar surface area (TPSA) is 29.1 Å². The molecule has 0 aliphatic heterocycles. The molecule has 3 rings (SSSR count). The summed E-state index contributed by atoms with van der Waals surface area (Å²) in [7, 11) is 0. The van der Waals surface area contributed by atoms with Gasteiger partial charge in [-0.3, -0.25) is 4.79 Å². The van der Waals surface area contributed by atoms with E-state index in [0.717, 1.165) is 29.3 Å². The molecule has 2 nitrogen and oxygen atoms in total. The minimum Gasteiger partial charge on any atom is -0.346 e. The van der Waals surface area contributed by atoms with Crippen LogP contribution in [0.4, 0.5) is 0 Å². The number of carbonyl (C=O) groups is 1. The third-order valence-electron chi connectivity index (χ3n) is 3.96. The Kier molecular flexibility index (Phi) is 4.74. The number of rotatable bonds is 3. The second kappa shape index (κ2) is 6.93. The number of halogens is 1. The Morgan fingerprint density at radius 3 is 2.91 bits per heavy atom. The Morgan fingerprint density at radius 2 is 2.05 bits per heavy atom. The number of benzene rings is 2. The molecule has 112 valence electrons. The third kappa shape index (κ3) is 3.66. The van der Waals surface area contributed by atoms with E-state index in [1.54, 1.807) is 6.08 Å². The molecular weight excluding hydrogens is 338 g/mol. The highest BCUT2D eigenvalue weighted by molar-refractivity contribution is 9.10. The lowest BCUT2D eigenvalue weighted by Gasteiger charge is -2.25. The van der Waals surface area contributed by atoms with Gasteiger partial charge in [-0.2, -0.15) is 0 Å². The predicted molar refractivity (Wildman–Crippen MR) is 93.4 cm³/mol. The zero-order chi connectivity index (χ0) is 15.4. The molecular formula is C19H18BrNO. The molecule has 2 aromatic carbocycles. The van der Waals surface area contributed by atoms with Crippen LogP contribution in [0.25, 0.3) is 6.08 Å². The maximum Gasteiger partial charge on any atom is 0.244 e. The van der Waals surface area contributed by atoms with Gasteiger partial charge in [-0.15, -0.1) is 0 Å². The van der Waals surface area contributed by atoms with E-state index >= 15 is 0 Å². The third-order valence-corrected chi connectivity index (χ3v) is 4.45. The summed E-state index contributed by atoms with van der Waals surface area (Å²) < 4.78 is 1.01. The molecule has 1 atom stereocenters. The van der Waals surface area contributed by atoms with Gasteiger partial charge in [0, 0.05) is 10.5 Å². The van der Waals surface area contributed by atoms with E-state index in [1.807, 2.05) is 36.4 Å². The van der Waals surface area contributed by atoms with Gasteiger partial charge in [-0.1, -0.05) is 52.3 Å². The van der Waals surface area contributed by atoms with E-state index in [0.29, 0.717) is 0 Å². The van der Waals surface area contributed by atoms with Crippen LogP contribution < -0.4 is 5.32 Å². The van der Waals surface area contributed by atoms with Crippen molar-refractivity contribution in [2.45, 2.75) is 25.3 Å². The van der Waals surface area contributed by atoms with Gasteiger partial charge in [0.15, 0.2) is 0 Å². The van der Waals surface area contributed by atoms with Crippen molar-refractivity contribution in [1.82, 2.24) is 5.32 Å². The van der Waals surface area contributed by atoms with Crippen LogP contribution in [0.15, 0.2) is 59.1 Å². The molecule has 0 radical (unpaired) electrons.